The Kier molecular flexibility index (Phi) is 5.58. The van der Waals surface area contributed by atoms with E-state index in [1.54, 1.807) is 23.9 Å². The average molecular weight is 377 g/mol. The van der Waals surface area contributed by atoms with Crippen LogP contribution in [0, 0.1) is 5.92 Å². The highest BCUT2D eigenvalue weighted by Crippen LogP contribution is 2.22. The molecule has 1 saturated heterocycles. The molecular formula is C18H23ClN5O2+. The van der Waals surface area contributed by atoms with Crippen LogP contribution < -0.4 is 16.0 Å². The van der Waals surface area contributed by atoms with Gasteiger partial charge in [0.15, 0.2) is 6.54 Å². The van der Waals surface area contributed by atoms with Crippen LogP contribution in [0.15, 0.2) is 30.3 Å². The Morgan fingerprint density at radius 1 is 1.38 bits per heavy atom. The van der Waals surface area contributed by atoms with Gasteiger partial charge in [0.05, 0.1) is 24.7 Å². The van der Waals surface area contributed by atoms with Crippen molar-refractivity contribution in [1.29, 1.82) is 0 Å². The lowest BCUT2D eigenvalue weighted by Crippen LogP contribution is -3.14. The number of hydrogen-bond acceptors (Lipinski definition) is 3. The first-order valence-corrected chi connectivity index (χ1v) is 9.03. The minimum Gasteiger partial charge on any atom is -0.369 e. The number of piperidine rings is 1. The Balaban J connectivity index is 1.62. The number of aryl methyl sites for hydroxylation is 1. The molecule has 7 nitrogen and oxygen atoms in total. The molecule has 1 fully saturated rings. The van der Waals surface area contributed by atoms with E-state index in [4.69, 9.17) is 17.3 Å². The summed E-state index contributed by atoms with van der Waals surface area (Å²) in [5.41, 5.74) is 7.09. The van der Waals surface area contributed by atoms with Crippen LogP contribution in [0.3, 0.4) is 0 Å². The largest absolute Gasteiger partial charge is 0.369 e. The monoisotopic (exact) mass is 376 g/mol. The van der Waals surface area contributed by atoms with Gasteiger partial charge in [-0.25, -0.2) is 0 Å². The van der Waals surface area contributed by atoms with E-state index in [2.05, 4.69) is 10.4 Å². The van der Waals surface area contributed by atoms with E-state index < -0.39 is 0 Å². The maximum Gasteiger partial charge on any atom is 0.280 e. The van der Waals surface area contributed by atoms with Crippen molar-refractivity contribution < 1.29 is 14.5 Å². The molecule has 26 heavy (non-hydrogen) atoms. The fraction of sp³-hybridized carbons (Fsp3) is 0.389. The van der Waals surface area contributed by atoms with Crippen LogP contribution in [0.2, 0.25) is 5.02 Å². The number of quaternary nitrogens is 1. The van der Waals surface area contributed by atoms with Gasteiger partial charge in [-0.05, 0) is 25.0 Å². The zero-order valence-corrected chi connectivity index (χ0v) is 15.4. The number of carbonyl (C=O) groups is 2. The number of anilines is 1. The Bertz CT molecular complexity index is 802. The molecule has 4 N–H and O–H groups in total. The zero-order valence-electron chi connectivity index (χ0n) is 14.7. The SMILES string of the molecule is Cn1nc(-c2ccc(Cl)cc2)cc1NC(=O)C[NH+]1CCC[C@@H](C(N)=O)C1. The van der Waals surface area contributed by atoms with Crippen LogP contribution in [0.5, 0.6) is 0 Å². The molecule has 3 rings (SSSR count). The molecular weight excluding hydrogens is 354 g/mol. The van der Waals surface area contributed by atoms with Gasteiger partial charge in [0.25, 0.3) is 5.91 Å². The summed E-state index contributed by atoms with van der Waals surface area (Å²) < 4.78 is 1.64. The van der Waals surface area contributed by atoms with Crippen molar-refractivity contribution in [3.05, 3.63) is 35.4 Å². The van der Waals surface area contributed by atoms with E-state index in [-0.39, 0.29) is 17.7 Å². The normalized spacial score (nSPS) is 19.9. The number of halogens is 1. The molecule has 0 aliphatic carbocycles. The van der Waals surface area contributed by atoms with Gasteiger partial charge < -0.3 is 16.0 Å². The quantitative estimate of drug-likeness (QED) is 0.707. The minimum absolute atomic E-state index is 0.101. The Hall–Kier alpha value is -2.38. The number of carbonyl (C=O) groups excluding carboxylic acids is 2. The van der Waals surface area contributed by atoms with Crippen molar-refractivity contribution in [2.75, 3.05) is 25.0 Å². The molecule has 2 heterocycles. The van der Waals surface area contributed by atoms with Gasteiger partial charge in [0.2, 0.25) is 5.91 Å². The lowest BCUT2D eigenvalue weighted by Gasteiger charge is -2.27. The van der Waals surface area contributed by atoms with Gasteiger partial charge in [-0.3, -0.25) is 14.3 Å². The van der Waals surface area contributed by atoms with Gasteiger partial charge in [-0.15, -0.1) is 0 Å². The van der Waals surface area contributed by atoms with E-state index in [0.717, 1.165) is 35.5 Å². The first-order chi connectivity index (χ1) is 12.4. The van der Waals surface area contributed by atoms with Crippen LogP contribution >= 0.6 is 11.6 Å². The first-order valence-electron chi connectivity index (χ1n) is 8.65. The standard InChI is InChI=1S/C18H22ClN5O2/c1-23-16(9-15(22-23)12-4-6-14(19)7-5-12)21-17(25)11-24-8-2-3-13(10-24)18(20)26/h4-7,9,13H,2-3,8,10-11H2,1H3,(H2,20,26)(H,21,25)/p+1/t13-/m1/s1. The molecule has 8 heteroatoms. The summed E-state index contributed by atoms with van der Waals surface area (Å²) in [6.45, 7) is 1.80. The van der Waals surface area contributed by atoms with Crippen LogP contribution in [0.25, 0.3) is 11.3 Å². The Labute approximate surface area is 157 Å². The number of hydrogen-bond donors (Lipinski definition) is 3. The molecule has 1 aromatic heterocycles. The van der Waals surface area contributed by atoms with E-state index in [1.165, 1.54) is 0 Å². The van der Waals surface area contributed by atoms with Gasteiger partial charge in [-0.2, -0.15) is 5.10 Å². The lowest BCUT2D eigenvalue weighted by atomic mass is 9.97. The second kappa shape index (κ2) is 7.88. The third-order valence-corrected chi connectivity index (χ3v) is 4.97. The number of nitrogens with one attached hydrogen (secondary N) is 2. The predicted octanol–water partition coefficient (Wildman–Crippen LogP) is 0.459. The number of nitrogens with two attached hydrogens (primary N) is 1. The number of nitrogens with zero attached hydrogens (tertiary/aromatic N) is 2. The molecule has 0 saturated carbocycles. The fourth-order valence-electron chi connectivity index (χ4n) is 3.31. The van der Waals surface area contributed by atoms with Gasteiger partial charge in [-0.1, -0.05) is 23.7 Å². The topological polar surface area (TPSA) is 94.4 Å². The summed E-state index contributed by atoms with van der Waals surface area (Å²) in [5.74, 6) is 0.111. The van der Waals surface area contributed by atoms with Crippen molar-refractivity contribution in [3.63, 3.8) is 0 Å². The van der Waals surface area contributed by atoms with Crippen LogP contribution in [-0.2, 0) is 16.6 Å². The van der Waals surface area contributed by atoms with E-state index in [0.29, 0.717) is 23.9 Å². The molecule has 2 amide bonds. The second-order valence-corrected chi connectivity index (χ2v) is 7.15. The molecule has 2 atom stereocenters. The number of aromatic nitrogens is 2. The summed E-state index contributed by atoms with van der Waals surface area (Å²) in [6, 6.07) is 9.21. The Morgan fingerprint density at radius 3 is 2.81 bits per heavy atom. The zero-order chi connectivity index (χ0) is 18.7. The van der Waals surface area contributed by atoms with Crippen molar-refractivity contribution >= 4 is 29.2 Å². The average Bonchev–Trinajstić information content (AvgIpc) is 2.96. The van der Waals surface area contributed by atoms with Crippen LogP contribution in [0.1, 0.15) is 12.8 Å². The molecule has 2 aromatic rings. The van der Waals surface area contributed by atoms with Gasteiger partial charge in [0, 0.05) is 23.7 Å². The van der Waals surface area contributed by atoms with Crippen molar-refractivity contribution in [1.82, 2.24) is 9.78 Å². The maximum atomic E-state index is 12.4. The molecule has 0 bridgehead atoms. The fourth-order valence-corrected chi connectivity index (χ4v) is 3.44. The van der Waals surface area contributed by atoms with Crippen LogP contribution in [-0.4, -0.2) is 41.2 Å². The maximum absolute atomic E-state index is 12.4. The molecule has 1 aliphatic heterocycles. The van der Waals surface area contributed by atoms with E-state index in [1.807, 2.05) is 18.2 Å². The number of primary amides is 1. The summed E-state index contributed by atoms with van der Waals surface area (Å²) in [4.78, 5) is 24.8. The van der Waals surface area contributed by atoms with Crippen molar-refractivity contribution in [2.24, 2.45) is 18.7 Å². The summed E-state index contributed by atoms with van der Waals surface area (Å²) in [6.07, 6.45) is 1.72. The smallest absolute Gasteiger partial charge is 0.280 e. The highest BCUT2D eigenvalue weighted by Gasteiger charge is 2.28. The highest BCUT2D eigenvalue weighted by molar-refractivity contribution is 6.30. The summed E-state index contributed by atoms with van der Waals surface area (Å²) >= 11 is 5.91. The minimum atomic E-state index is -0.276. The second-order valence-electron chi connectivity index (χ2n) is 6.72. The van der Waals surface area contributed by atoms with E-state index >= 15 is 0 Å². The molecule has 0 radical (unpaired) electrons. The van der Waals surface area contributed by atoms with Crippen molar-refractivity contribution in [2.45, 2.75) is 12.8 Å². The van der Waals surface area contributed by atoms with E-state index in [9.17, 15) is 9.59 Å². The Morgan fingerprint density at radius 2 is 2.12 bits per heavy atom. The summed E-state index contributed by atoms with van der Waals surface area (Å²) in [5, 5.41) is 8.00. The van der Waals surface area contributed by atoms with Gasteiger partial charge >= 0.3 is 0 Å². The molecule has 138 valence electrons. The van der Waals surface area contributed by atoms with Gasteiger partial charge in [0.1, 0.15) is 5.82 Å². The number of likely N-dealkylation sites (tertiary alicyclic amines) is 1. The number of benzene rings is 1. The highest BCUT2D eigenvalue weighted by atomic mass is 35.5. The first kappa shape index (κ1) is 18.4. The number of rotatable bonds is 5. The molecule has 1 aromatic carbocycles. The summed E-state index contributed by atoms with van der Waals surface area (Å²) in [7, 11) is 1.78. The predicted molar refractivity (Wildman–Crippen MR) is 99.8 cm³/mol. The molecule has 1 unspecified atom stereocenters. The van der Waals surface area contributed by atoms with Crippen molar-refractivity contribution in [3.8, 4) is 11.3 Å². The lowest BCUT2D eigenvalue weighted by molar-refractivity contribution is -0.899. The van der Waals surface area contributed by atoms with Crippen LogP contribution in [0.4, 0.5) is 5.82 Å². The number of amides is 2. The third-order valence-electron chi connectivity index (χ3n) is 4.72. The molecule has 1 aliphatic rings. The third kappa shape index (κ3) is 4.42. The molecule has 0 spiro atoms.